The first-order valence-corrected chi connectivity index (χ1v) is 9.14. The average Bonchev–Trinajstić information content (AvgIpc) is 2.45. The largest absolute Gasteiger partial charge is 0.352 e. The Morgan fingerprint density at radius 1 is 1.36 bits per heavy atom. The fraction of sp³-hybridized carbons (Fsp3) is 0.562. The Kier molecular flexibility index (Phi) is 4.80. The van der Waals surface area contributed by atoms with Crippen LogP contribution in [-0.2, 0) is 16.4 Å². The summed E-state index contributed by atoms with van der Waals surface area (Å²) in [6.45, 7) is 7.27. The summed E-state index contributed by atoms with van der Waals surface area (Å²) in [4.78, 5) is 6.33. The Bertz CT molecular complexity index is 666. The number of nitrogens with zero attached hydrogens (tertiary/aromatic N) is 2. The second-order valence-electron chi connectivity index (χ2n) is 6.33. The molecule has 0 aromatic heterocycles. The SMILES string of the molecule is CN=C(NCc1ccccc1C)N1CCS(=O)(=O)C(C)(C)C1. The fourth-order valence-corrected chi connectivity index (χ4v) is 4.01. The number of hydrogen-bond donors (Lipinski definition) is 1. The minimum atomic E-state index is -3.03. The predicted octanol–water partition coefficient (Wildman–Crippen LogP) is 1.58. The Balaban J connectivity index is 2.06. The lowest BCUT2D eigenvalue weighted by Gasteiger charge is -2.39. The number of benzene rings is 1. The third-order valence-electron chi connectivity index (χ3n) is 4.25. The lowest BCUT2D eigenvalue weighted by molar-refractivity contribution is 0.353. The maximum atomic E-state index is 12.1. The molecular formula is C16H25N3O2S. The first-order chi connectivity index (χ1) is 10.3. The summed E-state index contributed by atoms with van der Waals surface area (Å²) in [6.07, 6.45) is 0. The van der Waals surface area contributed by atoms with Crippen LogP contribution in [0.3, 0.4) is 0 Å². The summed E-state index contributed by atoms with van der Waals surface area (Å²) in [5.74, 6) is 0.927. The first kappa shape index (κ1) is 16.8. The summed E-state index contributed by atoms with van der Waals surface area (Å²) in [7, 11) is -1.30. The molecule has 0 saturated carbocycles. The van der Waals surface area contributed by atoms with Gasteiger partial charge >= 0.3 is 0 Å². The van der Waals surface area contributed by atoms with E-state index in [1.54, 1.807) is 20.9 Å². The molecule has 0 amide bonds. The Morgan fingerprint density at radius 2 is 2.05 bits per heavy atom. The minimum absolute atomic E-state index is 0.172. The fourth-order valence-electron chi connectivity index (χ4n) is 2.64. The van der Waals surface area contributed by atoms with Crippen molar-refractivity contribution in [1.29, 1.82) is 0 Å². The van der Waals surface area contributed by atoms with Crippen molar-refractivity contribution in [3.8, 4) is 0 Å². The first-order valence-electron chi connectivity index (χ1n) is 7.49. The molecule has 1 aliphatic rings. The molecule has 6 heteroatoms. The Hall–Kier alpha value is -1.56. The lowest BCUT2D eigenvalue weighted by atomic mass is 10.1. The van der Waals surface area contributed by atoms with Gasteiger partial charge in [0.1, 0.15) is 0 Å². The molecule has 1 aliphatic heterocycles. The van der Waals surface area contributed by atoms with Gasteiger partial charge in [0.25, 0.3) is 0 Å². The van der Waals surface area contributed by atoms with Crippen LogP contribution in [0.4, 0.5) is 0 Å². The molecule has 22 heavy (non-hydrogen) atoms. The van der Waals surface area contributed by atoms with Crippen molar-refractivity contribution in [1.82, 2.24) is 10.2 Å². The van der Waals surface area contributed by atoms with Gasteiger partial charge in [0.05, 0.1) is 10.5 Å². The highest BCUT2D eigenvalue weighted by Crippen LogP contribution is 2.23. The molecule has 0 unspecified atom stereocenters. The van der Waals surface area contributed by atoms with Gasteiger partial charge in [0, 0.05) is 26.7 Å². The molecule has 2 rings (SSSR count). The van der Waals surface area contributed by atoms with Gasteiger partial charge in [0.2, 0.25) is 0 Å². The van der Waals surface area contributed by atoms with Crippen LogP contribution in [0.5, 0.6) is 0 Å². The number of hydrogen-bond acceptors (Lipinski definition) is 3. The topological polar surface area (TPSA) is 61.8 Å². The highest BCUT2D eigenvalue weighted by molar-refractivity contribution is 7.92. The van der Waals surface area contributed by atoms with Crippen molar-refractivity contribution in [2.75, 3.05) is 25.9 Å². The summed E-state index contributed by atoms with van der Waals surface area (Å²) in [6, 6.07) is 8.20. The van der Waals surface area contributed by atoms with Gasteiger partial charge in [-0.05, 0) is 31.9 Å². The average molecular weight is 323 g/mol. The molecule has 0 aliphatic carbocycles. The van der Waals surface area contributed by atoms with Crippen molar-refractivity contribution in [3.05, 3.63) is 35.4 Å². The van der Waals surface area contributed by atoms with Gasteiger partial charge in [0.15, 0.2) is 15.8 Å². The van der Waals surface area contributed by atoms with Gasteiger partial charge in [-0.25, -0.2) is 8.42 Å². The van der Waals surface area contributed by atoms with E-state index in [9.17, 15) is 8.42 Å². The minimum Gasteiger partial charge on any atom is -0.352 e. The van der Waals surface area contributed by atoms with Crippen LogP contribution in [0.25, 0.3) is 0 Å². The van der Waals surface area contributed by atoms with Crippen molar-refractivity contribution >= 4 is 15.8 Å². The molecule has 1 N–H and O–H groups in total. The highest BCUT2D eigenvalue weighted by Gasteiger charge is 2.40. The van der Waals surface area contributed by atoms with E-state index in [4.69, 9.17) is 0 Å². The molecule has 0 radical (unpaired) electrons. The number of sulfone groups is 1. The van der Waals surface area contributed by atoms with Crippen molar-refractivity contribution in [2.24, 2.45) is 4.99 Å². The van der Waals surface area contributed by atoms with Crippen LogP contribution >= 0.6 is 0 Å². The number of rotatable bonds is 2. The Morgan fingerprint density at radius 3 is 2.64 bits per heavy atom. The van der Waals surface area contributed by atoms with E-state index in [1.165, 1.54) is 11.1 Å². The van der Waals surface area contributed by atoms with Crippen LogP contribution in [0.15, 0.2) is 29.3 Å². The van der Waals surface area contributed by atoms with Crippen molar-refractivity contribution in [3.63, 3.8) is 0 Å². The molecule has 1 saturated heterocycles. The van der Waals surface area contributed by atoms with Gasteiger partial charge in [-0.15, -0.1) is 0 Å². The number of aryl methyl sites for hydroxylation is 1. The molecule has 122 valence electrons. The number of aliphatic imine (C=N–C) groups is 1. The third kappa shape index (κ3) is 3.43. The van der Waals surface area contributed by atoms with Crippen molar-refractivity contribution in [2.45, 2.75) is 32.1 Å². The van der Waals surface area contributed by atoms with Crippen LogP contribution in [0.2, 0.25) is 0 Å². The van der Waals surface area contributed by atoms with Crippen LogP contribution in [0.1, 0.15) is 25.0 Å². The molecule has 0 spiro atoms. The van der Waals surface area contributed by atoms with E-state index in [0.717, 1.165) is 5.96 Å². The maximum Gasteiger partial charge on any atom is 0.193 e. The summed E-state index contributed by atoms with van der Waals surface area (Å²) in [5, 5.41) is 3.34. The molecule has 1 fully saturated rings. The van der Waals surface area contributed by atoms with Gasteiger partial charge in [-0.2, -0.15) is 0 Å². The zero-order valence-corrected chi connectivity index (χ0v) is 14.6. The summed E-state index contributed by atoms with van der Waals surface area (Å²) < 4.78 is 23.4. The molecule has 1 heterocycles. The number of nitrogens with one attached hydrogen (secondary N) is 1. The van der Waals surface area contributed by atoms with E-state index in [-0.39, 0.29) is 5.75 Å². The lowest BCUT2D eigenvalue weighted by Crippen LogP contribution is -2.57. The van der Waals surface area contributed by atoms with Gasteiger partial charge < -0.3 is 10.2 Å². The van der Waals surface area contributed by atoms with Crippen molar-refractivity contribution < 1.29 is 8.42 Å². The second-order valence-corrected chi connectivity index (χ2v) is 9.07. The van der Waals surface area contributed by atoms with Gasteiger partial charge in [-0.3, -0.25) is 4.99 Å². The third-order valence-corrected chi connectivity index (χ3v) is 6.79. The standard InChI is InChI=1S/C16H25N3O2S/c1-13-7-5-6-8-14(13)11-18-15(17-4)19-9-10-22(20,21)16(2,3)12-19/h5-8H,9-12H2,1-4H3,(H,17,18). The zero-order valence-electron chi connectivity index (χ0n) is 13.8. The monoisotopic (exact) mass is 323 g/mol. The zero-order chi connectivity index (χ0) is 16.4. The van der Waals surface area contributed by atoms with Gasteiger partial charge in [-0.1, -0.05) is 24.3 Å². The van der Waals surface area contributed by atoms with E-state index in [1.807, 2.05) is 17.0 Å². The predicted molar refractivity (Wildman–Crippen MR) is 90.8 cm³/mol. The van der Waals surface area contributed by atoms with E-state index < -0.39 is 14.6 Å². The summed E-state index contributed by atoms with van der Waals surface area (Å²) >= 11 is 0. The normalized spacial score (nSPS) is 20.7. The maximum absolute atomic E-state index is 12.1. The van der Waals surface area contributed by atoms with Crippen LogP contribution in [0, 0.1) is 6.92 Å². The van der Waals surface area contributed by atoms with Crippen LogP contribution in [-0.4, -0.2) is 49.9 Å². The quantitative estimate of drug-likeness (QED) is 0.663. The van der Waals surface area contributed by atoms with E-state index >= 15 is 0 Å². The molecular weight excluding hydrogens is 298 g/mol. The molecule has 0 bridgehead atoms. The Labute approximate surface area is 133 Å². The second kappa shape index (κ2) is 6.28. The highest BCUT2D eigenvalue weighted by atomic mass is 32.2. The van der Waals surface area contributed by atoms with Crippen LogP contribution < -0.4 is 5.32 Å². The molecule has 5 nitrogen and oxygen atoms in total. The molecule has 0 atom stereocenters. The van der Waals surface area contributed by atoms with E-state index in [2.05, 4.69) is 29.4 Å². The summed E-state index contributed by atoms with van der Waals surface area (Å²) in [5.41, 5.74) is 2.44. The van der Waals surface area contributed by atoms with E-state index in [0.29, 0.717) is 19.6 Å². The number of guanidine groups is 1. The molecule has 1 aromatic rings. The molecule has 1 aromatic carbocycles. The smallest absolute Gasteiger partial charge is 0.193 e.